The van der Waals surface area contributed by atoms with Gasteiger partial charge in [-0.2, -0.15) is 0 Å². The van der Waals surface area contributed by atoms with Crippen LogP contribution in [0.1, 0.15) is 0 Å². The van der Waals surface area contributed by atoms with Crippen molar-refractivity contribution in [1.29, 1.82) is 0 Å². The van der Waals surface area contributed by atoms with E-state index in [2.05, 4.69) is 39.3 Å². The van der Waals surface area contributed by atoms with Crippen molar-refractivity contribution < 1.29 is 0 Å². The fourth-order valence-electron chi connectivity index (χ4n) is 1.88. The number of halogens is 2. The predicted molar refractivity (Wildman–Crippen MR) is 67.9 cm³/mol. The fourth-order valence-corrected chi connectivity index (χ4v) is 47.0. The van der Waals surface area contributed by atoms with E-state index in [1.165, 1.54) is 0 Å². The van der Waals surface area contributed by atoms with E-state index in [4.69, 9.17) is 17.7 Å². The Kier molecular flexibility index (Phi) is 5.26. The maximum atomic E-state index is 6.23. The number of hydrogen-bond donors (Lipinski definition) is 0. The van der Waals surface area contributed by atoms with Crippen molar-refractivity contribution in [3.05, 3.63) is 0 Å². The fraction of sp³-hybridized carbons (Fsp3) is 1.00. The van der Waals surface area contributed by atoms with Crippen LogP contribution >= 0.6 is 17.7 Å². The second-order valence-electron chi connectivity index (χ2n) is 5.39. The van der Waals surface area contributed by atoms with Gasteiger partial charge in [0.25, 0.3) is 0 Å². The summed E-state index contributed by atoms with van der Waals surface area (Å²) >= 11 is -1.88. The quantitative estimate of drug-likeness (QED) is 0.672. The second kappa shape index (κ2) is 4.57. The Morgan fingerprint density at radius 3 is 1.08 bits per heavy atom. The molecule has 0 unspecified atom stereocenters. The van der Waals surface area contributed by atoms with Crippen LogP contribution in [0.25, 0.3) is 0 Å². The average molecular weight is 352 g/mol. The third-order valence-corrected chi connectivity index (χ3v) is 35.2. The van der Waals surface area contributed by atoms with Gasteiger partial charge in [0.15, 0.2) is 0 Å². The van der Waals surface area contributed by atoms with E-state index in [9.17, 15) is 0 Å². The molecule has 0 aromatic carbocycles. The first-order valence-corrected chi connectivity index (χ1v) is 19.3. The Balaban J connectivity index is 4.70. The van der Waals surface area contributed by atoms with Gasteiger partial charge in [-0.15, -0.1) is 0 Å². The van der Waals surface area contributed by atoms with Crippen molar-refractivity contribution in [2.45, 2.75) is 42.4 Å². The van der Waals surface area contributed by atoms with Crippen LogP contribution in [-0.4, -0.2) is 34.1 Å². The first-order valence-electron chi connectivity index (χ1n) is 4.17. The summed E-state index contributed by atoms with van der Waals surface area (Å²) < 4.78 is 0.774. The molecule has 0 radical (unpaired) electrons. The van der Waals surface area contributed by atoms with Crippen molar-refractivity contribution >= 4 is 51.7 Å². The van der Waals surface area contributed by atoms with Crippen LogP contribution in [0, 0.1) is 0 Å². The Hall–Kier alpha value is 1.83. The van der Waals surface area contributed by atoms with E-state index >= 15 is 0 Å². The van der Waals surface area contributed by atoms with Crippen LogP contribution in [0.15, 0.2) is 0 Å². The van der Waals surface area contributed by atoms with E-state index < -0.39 is 34.1 Å². The molecule has 0 atom stereocenters. The molecule has 0 N–H and O–H groups in total. The van der Waals surface area contributed by atoms with Gasteiger partial charge < -0.3 is 0 Å². The van der Waals surface area contributed by atoms with Crippen LogP contribution in [0.5, 0.6) is 0 Å². The molecular formula is C7H19Cl2SbSi2. The summed E-state index contributed by atoms with van der Waals surface area (Å²) in [5.41, 5.74) is 0. The first-order chi connectivity index (χ1) is 5.07. The van der Waals surface area contributed by atoms with E-state index in [0.717, 1.165) is 3.11 Å². The summed E-state index contributed by atoms with van der Waals surface area (Å²) in [6.07, 6.45) is 0. The molecular weight excluding hydrogens is 333 g/mol. The van der Waals surface area contributed by atoms with Crippen LogP contribution in [0.4, 0.5) is 0 Å². The summed E-state index contributed by atoms with van der Waals surface area (Å²) in [5, 5.41) is 0. The Bertz CT molecular complexity index is 134. The van der Waals surface area contributed by atoms with Crippen LogP contribution in [-0.2, 0) is 0 Å². The van der Waals surface area contributed by atoms with Crippen molar-refractivity contribution in [2.75, 3.05) is 0 Å². The molecule has 0 nitrogen and oxygen atoms in total. The van der Waals surface area contributed by atoms with Gasteiger partial charge in [0.05, 0.1) is 0 Å². The molecule has 0 heterocycles. The molecule has 0 rings (SSSR count). The van der Waals surface area contributed by atoms with Crippen molar-refractivity contribution in [1.82, 2.24) is 0 Å². The Morgan fingerprint density at radius 1 is 0.833 bits per heavy atom. The van der Waals surface area contributed by atoms with Crippen molar-refractivity contribution in [3.63, 3.8) is 0 Å². The standard InChI is InChI=1S/C7H19Si2.2ClH.Sb/c1-8(2,3)7-9(4,5)6;;;/h7H,1-6H3;2*1H;/q;;;+2/p-2. The number of hydrogen-bond acceptors (Lipinski definition) is 0. The zero-order valence-corrected chi connectivity index (χ0v) is 14.8. The first kappa shape index (κ1) is 13.8. The third-order valence-electron chi connectivity index (χ3n) is 1.84. The number of rotatable bonds is 3. The summed E-state index contributed by atoms with van der Waals surface area (Å²) in [6.45, 7) is 14.4. The van der Waals surface area contributed by atoms with Crippen LogP contribution in [0.2, 0.25) is 42.4 Å². The summed E-state index contributed by atoms with van der Waals surface area (Å²) in [7, 11) is 10.3. The minimum atomic E-state index is -1.88. The molecule has 0 saturated carbocycles. The summed E-state index contributed by atoms with van der Waals surface area (Å²) in [5.74, 6) is 0. The molecule has 0 spiro atoms. The van der Waals surface area contributed by atoms with E-state index in [1.54, 1.807) is 0 Å². The van der Waals surface area contributed by atoms with E-state index in [-0.39, 0.29) is 0 Å². The molecule has 0 bridgehead atoms. The summed E-state index contributed by atoms with van der Waals surface area (Å²) in [4.78, 5) is 0. The molecule has 0 fully saturated rings. The van der Waals surface area contributed by atoms with Gasteiger partial charge in [0, 0.05) is 0 Å². The zero-order valence-electron chi connectivity index (χ0n) is 8.78. The van der Waals surface area contributed by atoms with Crippen molar-refractivity contribution in [2.24, 2.45) is 0 Å². The monoisotopic (exact) mass is 350 g/mol. The van der Waals surface area contributed by atoms with Gasteiger partial charge in [-0.05, 0) is 0 Å². The Morgan fingerprint density at radius 2 is 1.08 bits per heavy atom. The molecule has 0 amide bonds. The van der Waals surface area contributed by atoms with E-state index in [0.29, 0.717) is 0 Å². The molecule has 12 heavy (non-hydrogen) atoms. The van der Waals surface area contributed by atoms with Gasteiger partial charge in [-0.25, -0.2) is 0 Å². The van der Waals surface area contributed by atoms with E-state index in [1.807, 2.05) is 0 Å². The summed E-state index contributed by atoms with van der Waals surface area (Å²) in [6, 6.07) is 0. The molecule has 0 aromatic heterocycles. The van der Waals surface area contributed by atoms with Gasteiger partial charge in [0.1, 0.15) is 0 Å². The molecule has 0 aromatic rings. The average Bonchev–Trinajstić information content (AvgIpc) is 1.49. The minimum absolute atomic E-state index is 0.774. The van der Waals surface area contributed by atoms with Gasteiger partial charge in [0.2, 0.25) is 0 Å². The third kappa shape index (κ3) is 4.37. The van der Waals surface area contributed by atoms with Gasteiger partial charge >= 0.3 is 94.1 Å². The normalized spacial score (nSPS) is 14.5. The molecule has 0 aliphatic heterocycles. The maximum absolute atomic E-state index is 6.23. The molecule has 5 heteroatoms. The Labute approximate surface area is 93.4 Å². The van der Waals surface area contributed by atoms with Crippen molar-refractivity contribution in [3.8, 4) is 0 Å². The van der Waals surface area contributed by atoms with Gasteiger partial charge in [-0.3, -0.25) is 0 Å². The topological polar surface area (TPSA) is 0 Å². The molecule has 0 saturated heterocycles. The SMILES string of the molecule is C[Si](C)(C)[CH]([Sb]([Cl])[Cl])[Si](C)(C)C. The zero-order chi connectivity index (χ0) is 10.2. The molecule has 74 valence electrons. The predicted octanol–water partition coefficient (Wildman–Crippen LogP) is 4.08. The van der Waals surface area contributed by atoms with Gasteiger partial charge in [-0.1, -0.05) is 0 Å². The van der Waals surface area contributed by atoms with Crippen LogP contribution in [0.3, 0.4) is 0 Å². The van der Waals surface area contributed by atoms with Crippen LogP contribution < -0.4 is 0 Å². The molecule has 0 aliphatic rings. The molecule has 0 aliphatic carbocycles. The second-order valence-corrected chi connectivity index (χ2v) is 28.5.